The average Bonchev–Trinajstić information content (AvgIpc) is 3.15. The molecule has 0 saturated heterocycles. The first kappa shape index (κ1) is 12.9. The maximum Gasteiger partial charge on any atom is 0.266 e. The Balaban J connectivity index is 2.04. The molecule has 0 aliphatic heterocycles. The largest absolute Gasteiger partial charge is 0.397 e. The molecule has 0 radical (unpaired) electrons. The lowest BCUT2D eigenvalue weighted by Crippen LogP contribution is -2.32. The van der Waals surface area contributed by atoms with Crippen LogP contribution in [0.25, 0.3) is 10.1 Å². The van der Waals surface area contributed by atoms with Gasteiger partial charge in [0, 0.05) is 27.1 Å². The van der Waals surface area contributed by atoms with Gasteiger partial charge in [-0.15, -0.1) is 11.3 Å². The van der Waals surface area contributed by atoms with Gasteiger partial charge in [0.15, 0.2) is 0 Å². The molecule has 1 aromatic carbocycles. The molecule has 19 heavy (non-hydrogen) atoms. The Labute approximate surface area is 124 Å². The quantitative estimate of drug-likeness (QED) is 0.923. The van der Waals surface area contributed by atoms with Gasteiger partial charge >= 0.3 is 0 Å². The summed E-state index contributed by atoms with van der Waals surface area (Å²) in [6, 6.07) is 6.36. The summed E-state index contributed by atoms with van der Waals surface area (Å²) in [7, 11) is 0. The summed E-state index contributed by atoms with van der Waals surface area (Å²) in [5.74, 6) is 0.0832. The molecule has 5 heteroatoms. The molecular formula is C14H15BrN2OS. The first-order valence-electron chi connectivity index (χ1n) is 6.40. The number of carbonyl (C=O) groups is 1. The molecular weight excluding hydrogens is 324 g/mol. The molecule has 0 unspecified atom stereocenters. The van der Waals surface area contributed by atoms with Crippen molar-refractivity contribution in [2.24, 2.45) is 0 Å². The highest BCUT2D eigenvalue weighted by molar-refractivity contribution is 9.10. The summed E-state index contributed by atoms with van der Waals surface area (Å²) in [6.45, 7) is 2.77. The Morgan fingerprint density at radius 1 is 1.53 bits per heavy atom. The fourth-order valence-corrected chi connectivity index (χ4v) is 3.96. The summed E-state index contributed by atoms with van der Waals surface area (Å²) in [5, 5.41) is 0.975. The summed E-state index contributed by atoms with van der Waals surface area (Å²) in [5.41, 5.74) is 6.77. The standard InChI is InChI=1S/C14H15BrN2OS/c1-2-17(9-4-5-9)14(18)13-12(16)10-6-3-8(15)7-11(10)19-13/h3,6-7,9H,2,4-5,16H2,1H3. The van der Waals surface area contributed by atoms with E-state index in [-0.39, 0.29) is 5.91 Å². The SMILES string of the molecule is CCN(C(=O)c1sc2cc(Br)ccc2c1N)C1CC1. The number of thiophene rings is 1. The Hall–Kier alpha value is -1.07. The first-order chi connectivity index (χ1) is 9.11. The summed E-state index contributed by atoms with van der Waals surface area (Å²) in [6.07, 6.45) is 2.24. The number of hydrogen-bond acceptors (Lipinski definition) is 3. The van der Waals surface area contributed by atoms with Crippen LogP contribution in [-0.4, -0.2) is 23.4 Å². The third kappa shape index (κ3) is 2.25. The third-order valence-corrected chi connectivity index (χ3v) is 5.12. The summed E-state index contributed by atoms with van der Waals surface area (Å²) < 4.78 is 2.07. The minimum absolute atomic E-state index is 0.0832. The molecule has 2 aromatic rings. The zero-order chi connectivity index (χ0) is 13.6. The smallest absolute Gasteiger partial charge is 0.266 e. The number of carbonyl (C=O) groups excluding carboxylic acids is 1. The zero-order valence-corrected chi connectivity index (χ0v) is 13.1. The fourth-order valence-electron chi connectivity index (χ4n) is 2.33. The number of halogens is 1. The van der Waals surface area contributed by atoms with Crippen LogP contribution in [0.2, 0.25) is 0 Å². The molecule has 1 amide bonds. The first-order valence-corrected chi connectivity index (χ1v) is 8.01. The lowest BCUT2D eigenvalue weighted by atomic mass is 10.2. The van der Waals surface area contributed by atoms with Gasteiger partial charge in [0.2, 0.25) is 0 Å². The van der Waals surface area contributed by atoms with Gasteiger partial charge < -0.3 is 10.6 Å². The number of rotatable bonds is 3. The molecule has 1 aliphatic rings. The Morgan fingerprint density at radius 2 is 2.26 bits per heavy atom. The second kappa shape index (κ2) is 4.80. The number of anilines is 1. The normalized spacial score (nSPS) is 14.8. The van der Waals surface area contributed by atoms with Crippen LogP contribution in [0, 0.1) is 0 Å². The van der Waals surface area contributed by atoms with Crippen LogP contribution in [0.1, 0.15) is 29.4 Å². The molecule has 2 N–H and O–H groups in total. The van der Waals surface area contributed by atoms with E-state index in [4.69, 9.17) is 5.73 Å². The maximum atomic E-state index is 12.6. The van der Waals surface area contributed by atoms with E-state index >= 15 is 0 Å². The van der Waals surface area contributed by atoms with Gasteiger partial charge in [-0.05, 0) is 31.9 Å². The van der Waals surface area contributed by atoms with Crippen LogP contribution in [0.15, 0.2) is 22.7 Å². The molecule has 100 valence electrons. The van der Waals surface area contributed by atoms with Gasteiger partial charge in [-0.3, -0.25) is 4.79 Å². The Kier molecular flexibility index (Phi) is 3.27. The van der Waals surface area contributed by atoms with Crippen molar-refractivity contribution in [1.29, 1.82) is 0 Å². The average molecular weight is 339 g/mol. The number of hydrogen-bond donors (Lipinski definition) is 1. The van der Waals surface area contributed by atoms with Crippen LogP contribution in [0.5, 0.6) is 0 Å². The number of benzene rings is 1. The topological polar surface area (TPSA) is 46.3 Å². The van der Waals surface area contributed by atoms with Crippen LogP contribution in [0.4, 0.5) is 5.69 Å². The Morgan fingerprint density at radius 3 is 2.89 bits per heavy atom. The van der Waals surface area contributed by atoms with Crippen molar-refractivity contribution in [2.45, 2.75) is 25.8 Å². The predicted molar refractivity (Wildman–Crippen MR) is 83.7 cm³/mol. The summed E-state index contributed by atoms with van der Waals surface area (Å²) >= 11 is 4.94. The molecule has 1 heterocycles. The van der Waals surface area contributed by atoms with Crippen LogP contribution < -0.4 is 5.73 Å². The van der Waals surface area contributed by atoms with E-state index in [1.807, 2.05) is 30.0 Å². The lowest BCUT2D eigenvalue weighted by molar-refractivity contribution is 0.0758. The summed E-state index contributed by atoms with van der Waals surface area (Å²) in [4.78, 5) is 15.2. The molecule has 0 bridgehead atoms. The molecule has 1 aliphatic carbocycles. The second-order valence-corrected chi connectivity index (χ2v) is 6.78. The lowest BCUT2D eigenvalue weighted by Gasteiger charge is -2.19. The van der Waals surface area contributed by atoms with Crippen LogP contribution >= 0.6 is 27.3 Å². The molecule has 3 nitrogen and oxygen atoms in total. The number of nitrogens with zero attached hydrogens (tertiary/aromatic N) is 1. The predicted octanol–water partition coefficient (Wildman–Crippen LogP) is 3.87. The minimum atomic E-state index is 0.0832. The second-order valence-electron chi connectivity index (χ2n) is 4.81. The Bertz CT molecular complexity index is 648. The third-order valence-electron chi connectivity index (χ3n) is 3.47. The molecule has 1 fully saturated rings. The van der Waals surface area contributed by atoms with Crippen molar-refractivity contribution in [3.8, 4) is 0 Å². The van der Waals surface area contributed by atoms with E-state index in [0.717, 1.165) is 33.9 Å². The van der Waals surface area contributed by atoms with Gasteiger partial charge in [0.25, 0.3) is 5.91 Å². The monoisotopic (exact) mass is 338 g/mol. The van der Waals surface area contributed by atoms with Crippen molar-refractivity contribution in [3.63, 3.8) is 0 Å². The van der Waals surface area contributed by atoms with Crippen molar-refractivity contribution >= 4 is 48.9 Å². The van der Waals surface area contributed by atoms with Crippen molar-refractivity contribution in [2.75, 3.05) is 12.3 Å². The maximum absolute atomic E-state index is 12.6. The highest BCUT2D eigenvalue weighted by Gasteiger charge is 2.33. The molecule has 3 rings (SSSR count). The zero-order valence-electron chi connectivity index (χ0n) is 10.6. The van der Waals surface area contributed by atoms with E-state index in [2.05, 4.69) is 15.9 Å². The number of nitrogen functional groups attached to an aromatic ring is 1. The number of fused-ring (bicyclic) bond motifs is 1. The van der Waals surface area contributed by atoms with E-state index in [0.29, 0.717) is 16.6 Å². The van der Waals surface area contributed by atoms with Gasteiger partial charge in [0.1, 0.15) is 4.88 Å². The van der Waals surface area contributed by atoms with E-state index in [1.165, 1.54) is 11.3 Å². The minimum Gasteiger partial charge on any atom is -0.397 e. The molecule has 0 atom stereocenters. The van der Waals surface area contributed by atoms with Crippen LogP contribution in [-0.2, 0) is 0 Å². The van der Waals surface area contributed by atoms with Crippen molar-refractivity contribution in [3.05, 3.63) is 27.5 Å². The van der Waals surface area contributed by atoms with E-state index in [1.54, 1.807) is 0 Å². The highest BCUT2D eigenvalue weighted by Crippen LogP contribution is 2.37. The molecule has 1 aromatic heterocycles. The van der Waals surface area contributed by atoms with Crippen molar-refractivity contribution in [1.82, 2.24) is 4.90 Å². The number of nitrogens with two attached hydrogens (primary N) is 1. The van der Waals surface area contributed by atoms with Gasteiger partial charge in [-0.2, -0.15) is 0 Å². The van der Waals surface area contributed by atoms with Gasteiger partial charge in [-0.25, -0.2) is 0 Å². The van der Waals surface area contributed by atoms with Gasteiger partial charge in [0.05, 0.1) is 5.69 Å². The van der Waals surface area contributed by atoms with E-state index < -0.39 is 0 Å². The molecule has 0 spiro atoms. The van der Waals surface area contributed by atoms with Gasteiger partial charge in [-0.1, -0.05) is 22.0 Å². The number of amides is 1. The van der Waals surface area contributed by atoms with E-state index in [9.17, 15) is 4.79 Å². The van der Waals surface area contributed by atoms with Crippen molar-refractivity contribution < 1.29 is 4.79 Å². The van der Waals surface area contributed by atoms with Crippen LogP contribution in [0.3, 0.4) is 0 Å². The fraction of sp³-hybridized carbons (Fsp3) is 0.357. The highest BCUT2D eigenvalue weighted by atomic mass is 79.9. The molecule has 1 saturated carbocycles.